The quantitative estimate of drug-likeness (QED) is 0.759. The molecule has 0 aromatic heterocycles. The number of likely N-dealkylation sites (tertiary alicyclic amines) is 1. The normalized spacial score (nSPS) is 26.1. The molecule has 0 bridgehead atoms. The zero-order chi connectivity index (χ0) is 12.8. The number of carbonyl (C=O) groups excluding carboxylic acids is 1. The molecule has 0 aromatic carbocycles. The van der Waals surface area contributed by atoms with Crippen molar-refractivity contribution in [3.63, 3.8) is 0 Å². The van der Waals surface area contributed by atoms with Gasteiger partial charge in [-0.05, 0) is 33.6 Å². The third-order valence-corrected chi connectivity index (χ3v) is 3.49. The summed E-state index contributed by atoms with van der Waals surface area (Å²) in [5.74, 6) is -1.22. The predicted octanol–water partition coefficient (Wildman–Crippen LogP) is 1.72. The summed E-state index contributed by atoms with van der Waals surface area (Å²) in [6.07, 6.45) is 1.42. The van der Waals surface area contributed by atoms with Crippen LogP contribution in [-0.2, 0) is 9.53 Å². The Balaban J connectivity index is 2.01. The smallest absolute Gasteiger partial charge is 0.410 e. The first-order chi connectivity index (χ1) is 7.73. The second-order valence-corrected chi connectivity index (χ2v) is 6.11. The van der Waals surface area contributed by atoms with Crippen molar-refractivity contribution >= 4 is 12.1 Å². The Morgan fingerprint density at radius 1 is 1.35 bits per heavy atom. The molecule has 17 heavy (non-hydrogen) atoms. The highest BCUT2D eigenvalue weighted by Gasteiger charge is 2.59. The molecule has 1 aliphatic carbocycles. The van der Waals surface area contributed by atoms with Crippen molar-refractivity contribution in [1.29, 1.82) is 0 Å². The Morgan fingerprint density at radius 2 is 1.94 bits per heavy atom. The minimum Gasteiger partial charge on any atom is -0.481 e. The highest BCUT2D eigenvalue weighted by Crippen LogP contribution is 2.56. The summed E-state index contributed by atoms with van der Waals surface area (Å²) in [5, 5.41) is 9.14. The average molecular weight is 241 g/mol. The van der Waals surface area contributed by atoms with Gasteiger partial charge in [0.15, 0.2) is 0 Å². The Kier molecular flexibility index (Phi) is 2.60. The van der Waals surface area contributed by atoms with Crippen LogP contribution in [0.2, 0.25) is 0 Å². The van der Waals surface area contributed by atoms with E-state index in [1.54, 1.807) is 0 Å². The molecule has 0 aromatic rings. The molecule has 5 nitrogen and oxygen atoms in total. The van der Waals surface area contributed by atoms with Gasteiger partial charge in [0.1, 0.15) is 5.60 Å². The highest BCUT2D eigenvalue weighted by atomic mass is 16.6. The Hall–Kier alpha value is -1.26. The monoisotopic (exact) mass is 241 g/mol. The number of carboxylic acid groups (broad SMARTS) is 1. The van der Waals surface area contributed by atoms with Crippen LogP contribution in [0, 0.1) is 11.3 Å². The summed E-state index contributed by atoms with van der Waals surface area (Å²) in [6.45, 7) is 6.23. The molecule has 2 rings (SSSR count). The van der Waals surface area contributed by atoms with Crippen LogP contribution < -0.4 is 0 Å². The molecule has 2 fully saturated rings. The van der Waals surface area contributed by atoms with Crippen molar-refractivity contribution in [2.45, 2.75) is 39.2 Å². The van der Waals surface area contributed by atoms with Crippen molar-refractivity contribution in [2.24, 2.45) is 11.3 Å². The van der Waals surface area contributed by atoms with Gasteiger partial charge in [0.05, 0.1) is 5.92 Å². The average Bonchev–Trinajstić information content (AvgIpc) is 2.74. The van der Waals surface area contributed by atoms with Crippen molar-refractivity contribution in [1.82, 2.24) is 4.90 Å². The number of aliphatic carboxylic acids is 1. The molecule has 0 unspecified atom stereocenters. The van der Waals surface area contributed by atoms with Crippen molar-refractivity contribution < 1.29 is 19.4 Å². The molecular weight excluding hydrogens is 222 g/mol. The van der Waals surface area contributed by atoms with Crippen LogP contribution in [0.5, 0.6) is 0 Å². The van der Waals surface area contributed by atoms with E-state index in [1.165, 1.54) is 4.90 Å². The third kappa shape index (κ3) is 2.37. The van der Waals surface area contributed by atoms with Gasteiger partial charge in [0.2, 0.25) is 0 Å². The van der Waals surface area contributed by atoms with Gasteiger partial charge in [-0.25, -0.2) is 4.79 Å². The van der Waals surface area contributed by atoms with Crippen LogP contribution in [-0.4, -0.2) is 40.8 Å². The van der Waals surface area contributed by atoms with E-state index in [2.05, 4.69) is 0 Å². The van der Waals surface area contributed by atoms with Gasteiger partial charge in [-0.3, -0.25) is 4.79 Å². The zero-order valence-electron chi connectivity index (χ0n) is 10.5. The first-order valence-corrected chi connectivity index (χ1v) is 5.94. The minimum atomic E-state index is -0.798. The molecule has 1 saturated heterocycles. The van der Waals surface area contributed by atoms with E-state index in [1.807, 2.05) is 20.8 Å². The molecule has 5 heteroatoms. The summed E-state index contributed by atoms with van der Waals surface area (Å²) in [6, 6.07) is 0. The molecule has 1 spiro atoms. The second-order valence-electron chi connectivity index (χ2n) is 6.11. The lowest BCUT2D eigenvalue weighted by molar-refractivity contribution is -0.142. The lowest BCUT2D eigenvalue weighted by Gasteiger charge is -2.24. The van der Waals surface area contributed by atoms with E-state index < -0.39 is 23.6 Å². The van der Waals surface area contributed by atoms with Gasteiger partial charge in [0.25, 0.3) is 0 Å². The van der Waals surface area contributed by atoms with Gasteiger partial charge < -0.3 is 14.7 Å². The molecule has 1 N–H and O–H groups in total. The number of nitrogens with zero attached hydrogens (tertiary/aromatic N) is 1. The minimum absolute atomic E-state index is 0.164. The second kappa shape index (κ2) is 3.62. The number of carboxylic acids is 1. The van der Waals surface area contributed by atoms with Gasteiger partial charge in [0, 0.05) is 18.5 Å². The topological polar surface area (TPSA) is 66.8 Å². The summed E-state index contributed by atoms with van der Waals surface area (Å²) in [7, 11) is 0. The summed E-state index contributed by atoms with van der Waals surface area (Å²) >= 11 is 0. The summed E-state index contributed by atoms with van der Waals surface area (Å²) in [5.41, 5.74) is -0.697. The van der Waals surface area contributed by atoms with Crippen LogP contribution in [0.25, 0.3) is 0 Å². The maximum Gasteiger partial charge on any atom is 0.410 e. The van der Waals surface area contributed by atoms with Gasteiger partial charge in [-0.2, -0.15) is 0 Å². The number of hydrogen-bond acceptors (Lipinski definition) is 3. The van der Waals surface area contributed by atoms with E-state index >= 15 is 0 Å². The molecule has 2 aliphatic rings. The van der Waals surface area contributed by atoms with Crippen LogP contribution in [0.15, 0.2) is 0 Å². The molecule has 1 saturated carbocycles. The molecule has 1 atom stereocenters. The first-order valence-electron chi connectivity index (χ1n) is 5.94. The summed E-state index contributed by atoms with van der Waals surface area (Å²) in [4.78, 5) is 24.5. The van der Waals surface area contributed by atoms with Crippen molar-refractivity contribution in [3.8, 4) is 0 Å². The Bertz CT molecular complexity index is 354. The maximum absolute atomic E-state index is 11.9. The predicted molar refractivity (Wildman–Crippen MR) is 60.6 cm³/mol. The van der Waals surface area contributed by atoms with E-state index in [0.29, 0.717) is 6.54 Å². The molecule has 1 heterocycles. The third-order valence-electron chi connectivity index (χ3n) is 3.49. The van der Waals surface area contributed by atoms with Gasteiger partial charge in [-0.15, -0.1) is 0 Å². The lowest BCUT2D eigenvalue weighted by Crippen LogP contribution is -2.36. The fourth-order valence-corrected chi connectivity index (χ4v) is 2.44. The van der Waals surface area contributed by atoms with E-state index in [4.69, 9.17) is 9.84 Å². The molecule has 96 valence electrons. The Morgan fingerprint density at radius 3 is 2.29 bits per heavy atom. The van der Waals surface area contributed by atoms with E-state index in [-0.39, 0.29) is 12.0 Å². The van der Waals surface area contributed by atoms with Crippen LogP contribution >= 0.6 is 0 Å². The number of carbonyl (C=O) groups is 2. The molecule has 1 amide bonds. The SMILES string of the molecule is CC(C)(C)OC(=O)N1C[C@@H](C(=O)O)C2(CC2)C1. The van der Waals surface area contributed by atoms with Gasteiger partial charge >= 0.3 is 12.1 Å². The largest absolute Gasteiger partial charge is 0.481 e. The lowest BCUT2D eigenvalue weighted by atomic mass is 9.93. The molecule has 0 radical (unpaired) electrons. The van der Waals surface area contributed by atoms with Crippen LogP contribution in [0.3, 0.4) is 0 Å². The van der Waals surface area contributed by atoms with E-state index in [0.717, 1.165) is 12.8 Å². The first kappa shape index (κ1) is 12.2. The van der Waals surface area contributed by atoms with E-state index in [9.17, 15) is 9.59 Å². The molecule has 1 aliphatic heterocycles. The number of rotatable bonds is 1. The number of ether oxygens (including phenoxy) is 1. The van der Waals surface area contributed by atoms with Gasteiger partial charge in [-0.1, -0.05) is 0 Å². The maximum atomic E-state index is 11.9. The zero-order valence-corrected chi connectivity index (χ0v) is 10.5. The number of amides is 1. The van der Waals surface area contributed by atoms with Crippen molar-refractivity contribution in [2.75, 3.05) is 13.1 Å². The number of hydrogen-bond donors (Lipinski definition) is 1. The highest BCUT2D eigenvalue weighted by molar-refractivity contribution is 5.76. The fourth-order valence-electron chi connectivity index (χ4n) is 2.44. The van der Waals surface area contributed by atoms with Crippen molar-refractivity contribution in [3.05, 3.63) is 0 Å². The fraction of sp³-hybridized carbons (Fsp3) is 0.833. The summed E-state index contributed by atoms with van der Waals surface area (Å²) < 4.78 is 5.26. The Labute approximate surface area is 101 Å². The van der Waals surface area contributed by atoms with Crippen LogP contribution in [0.1, 0.15) is 33.6 Å². The molecular formula is C12H19NO4. The van der Waals surface area contributed by atoms with Crippen LogP contribution in [0.4, 0.5) is 4.79 Å². The standard InChI is InChI=1S/C12H19NO4/c1-11(2,3)17-10(16)13-6-8(9(14)15)12(7-13)4-5-12/h8H,4-7H2,1-3H3,(H,14,15)/t8-/m0/s1.